The number of halogens is 1. The van der Waals surface area contributed by atoms with Crippen LogP contribution in [0.2, 0.25) is 0 Å². The number of primary amides is 1. The van der Waals surface area contributed by atoms with Crippen molar-refractivity contribution in [1.29, 1.82) is 0 Å². The molecule has 3 rings (SSSR count). The summed E-state index contributed by atoms with van der Waals surface area (Å²) in [4.78, 5) is 13.6. The van der Waals surface area contributed by atoms with Crippen molar-refractivity contribution in [3.63, 3.8) is 0 Å². The Hall–Kier alpha value is -2.50. The van der Waals surface area contributed by atoms with Crippen LogP contribution in [0.4, 0.5) is 4.39 Å². The number of nitrogens with one attached hydrogen (secondary N) is 1. The zero-order valence-electron chi connectivity index (χ0n) is 12.9. The molecule has 2 aromatic carbocycles. The molecule has 3 N–H and O–H groups in total. The topological polar surface area (TPSA) is 55.1 Å². The van der Waals surface area contributed by atoms with Gasteiger partial charge in [-0.15, -0.1) is 11.3 Å². The third kappa shape index (κ3) is 3.69. The highest BCUT2D eigenvalue weighted by Crippen LogP contribution is 2.30. The average Bonchev–Trinajstić information content (AvgIpc) is 3.05. The van der Waals surface area contributed by atoms with E-state index in [9.17, 15) is 9.18 Å². The summed E-state index contributed by atoms with van der Waals surface area (Å²) in [6.07, 6.45) is 0. The summed E-state index contributed by atoms with van der Waals surface area (Å²) in [5, 5.41) is 3.17. The van der Waals surface area contributed by atoms with Crippen LogP contribution in [-0.2, 0) is 11.3 Å². The molecule has 122 valence electrons. The van der Waals surface area contributed by atoms with E-state index in [1.165, 1.54) is 17.4 Å². The highest BCUT2D eigenvalue weighted by Gasteiger charge is 2.17. The molecule has 0 radical (unpaired) electrons. The molecule has 0 aliphatic heterocycles. The molecule has 0 saturated heterocycles. The lowest BCUT2D eigenvalue weighted by molar-refractivity contribution is -0.120. The molecule has 24 heavy (non-hydrogen) atoms. The number of hydrogen-bond donors (Lipinski definition) is 2. The van der Waals surface area contributed by atoms with Gasteiger partial charge in [-0.05, 0) is 23.8 Å². The van der Waals surface area contributed by atoms with E-state index in [0.717, 1.165) is 15.3 Å². The van der Waals surface area contributed by atoms with Gasteiger partial charge in [0.25, 0.3) is 0 Å². The Kier molecular flexibility index (Phi) is 5.03. The summed E-state index contributed by atoms with van der Waals surface area (Å²) in [6.45, 7) is 0.488. The highest BCUT2D eigenvalue weighted by molar-refractivity contribution is 7.15. The van der Waals surface area contributed by atoms with Crippen LogP contribution in [0.3, 0.4) is 0 Å². The fraction of sp³-hybridized carbons (Fsp3) is 0.105. The van der Waals surface area contributed by atoms with E-state index in [0.29, 0.717) is 12.1 Å². The quantitative estimate of drug-likeness (QED) is 0.716. The molecule has 3 aromatic rings. The van der Waals surface area contributed by atoms with Gasteiger partial charge in [-0.2, -0.15) is 0 Å². The van der Waals surface area contributed by atoms with Gasteiger partial charge in [-0.3, -0.25) is 10.1 Å². The Labute approximate surface area is 143 Å². The second-order valence-corrected chi connectivity index (χ2v) is 6.54. The predicted octanol–water partition coefficient (Wildman–Crippen LogP) is 3.87. The molecule has 1 aromatic heterocycles. The Bertz CT molecular complexity index is 832. The van der Waals surface area contributed by atoms with Crippen molar-refractivity contribution in [2.75, 3.05) is 0 Å². The summed E-state index contributed by atoms with van der Waals surface area (Å²) >= 11 is 1.49. The Morgan fingerprint density at radius 2 is 1.75 bits per heavy atom. The van der Waals surface area contributed by atoms with Gasteiger partial charge in [0.2, 0.25) is 5.91 Å². The van der Waals surface area contributed by atoms with E-state index < -0.39 is 11.9 Å². The van der Waals surface area contributed by atoms with Gasteiger partial charge < -0.3 is 5.73 Å². The normalized spacial score (nSPS) is 12.0. The third-order valence-corrected chi connectivity index (χ3v) is 4.82. The lowest BCUT2D eigenvalue weighted by atomic mass is 10.1. The summed E-state index contributed by atoms with van der Waals surface area (Å²) in [5.41, 5.74) is 6.92. The Morgan fingerprint density at radius 1 is 1.04 bits per heavy atom. The van der Waals surface area contributed by atoms with Crippen LogP contribution in [0.25, 0.3) is 10.4 Å². The van der Waals surface area contributed by atoms with Crippen LogP contribution in [0.1, 0.15) is 16.5 Å². The van der Waals surface area contributed by atoms with Crippen molar-refractivity contribution in [3.05, 3.63) is 83.0 Å². The van der Waals surface area contributed by atoms with Crippen molar-refractivity contribution in [1.82, 2.24) is 5.32 Å². The highest BCUT2D eigenvalue weighted by atomic mass is 32.1. The molecule has 0 saturated carbocycles. The molecular formula is C19H17FN2OS. The van der Waals surface area contributed by atoms with Crippen molar-refractivity contribution < 1.29 is 9.18 Å². The summed E-state index contributed by atoms with van der Waals surface area (Å²) in [5.74, 6) is -0.662. The second kappa shape index (κ2) is 7.38. The number of benzene rings is 2. The van der Waals surface area contributed by atoms with Crippen molar-refractivity contribution in [2.24, 2.45) is 5.73 Å². The zero-order chi connectivity index (χ0) is 16.9. The van der Waals surface area contributed by atoms with E-state index in [1.807, 2.05) is 48.5 Å². The molecule has 0 aliphatic rings. The molecule has 1 heterocycles. The molecule has 5 heteroatoms. The summed E-state index contributed by atoms with van der Waals surface area (Å²) < 4.78 is 13.9. The SMILES string of the molecule is NC(=O)C(NCc1ccc(-c2ccccc2F)s1)c1ccccc1. The standard InChI is InChI=1S/C19H17FN2OS/c20-16-9-5-4-8-15(16)17-11-10-14(24-17)12-22-18(19(21)23)13-6-2-1-3-7-13/h1-11,18,22H,12H2,(H2,21,23). The minimum Gasteiger partial charge on any atom is -0.368 e. The van der Waals surface area contributed by atoms with Crippen LogP contribution in [0, 0.1) is 5.82 Å². The van der Waals surface area contributed by atoms with Crippen molar-refractivity contribution in [2.45, 2.75) is 12.6 Å². The zero-order valence-corrected chi connectivity index (χ0v) is 13.7. The number of thiophene rings is 1. The maximum absolute atomic E-state index is 13.9. The lowest BCUT2D eigenvalue weighted by Gasteiger charge is -2.15. The van der Waals surface area contributed by atoms with E-state index in [2.05, 4.69) is 5.32 Å². The molecule has 3 nitrogen and oxygen atoms in total. The van der Waals surface area contributed by atoms with Crippen LogP contribution in [0.15, 0.2) is 66.7 Å². The van der Waals surface area contributed by atoms with Gasteiger partial charge in [0.15, 0.2) is 0 Å². The van der Waals surface area contributed by atoms with Crippen molar-refractivity contribution in [3.8, 4) is 10.4 Å². The smallest absolute Gasteiger partial charge is 0.239 e. The number of hydrogen-bond acceptors (Lipinski definition) is 3. The number of carbonyl (C=O) groups excluding carboxylic acids is 1. The van der Waals surface area contributed by atoms with E-state index >= 15 is 0 Å². The molecule has 1 unspecified atom stereocenters. The van der Waals surface area contributed by atoms with Crippen molar-refractivity contribution >= 4 is 17.2 Å². The third-order valence-electron chi connectivity index (χ3n) is 3.70. The molecule has 0 spiro atoms. The lowest BCUT2D eigenvalue weighted by Crippen LogP contribution is -2.33. The van der Waals surface area contributed by atoms with Gasteiger partial charge in [0, 0.05) is 21.9 Å². The van der Waals surface area contributed by atoms with Crippen LogP contribution < -0.4 is 11.1 Å². The van der Waals surface area contributed by atoms with Gasteiger partial charge in [0.1, 0.15) is 11.9 Å². The van der Waals surface area contributed by atoms with Crippen LogP contribution >= 0.6 is 11.3 Å². The Balaban J connectivity index is 1.73. The Morgan fingerprint density at radius 3 is 2.46 bits per heavy atom. The maximum atomic E-state index is 13.9. The minimum absolute atomic E-state index is 0.238. The molecule has 1 atom stereocenters. The van der Waals surface area contributed by atoms with E-state index in [1.54, 1.807) is 12.1 Å². The summed E-state index contributed by atoms with van der Waals surface area (Å²) in [6, 6.07) is 19.3. The van der Waals surface area contributed by atoms with Gasteiger partial charge in [-0.1, -0.05) is 48.5 Å². The van der Waals surface area contributed by atoms with Crippen LogP contribution in [0.5, 0.6) is 0 Å². The van der Waals surface area contributed by atoms with Gasteiger partial charge in [-0.25, -0.2) is 4.39 Å². The first-order valence-electron chi connectivity index (χ1n) is 7.56. The molecule has 0 aliphatic carbocycles. The first-order valence-corrected chi connectivity index (χ1v) is 8.38. The molecule has 0 bridgehead atoms. The van der Waals surface area contributed by atoms with E-state index in [4.69, 9.17) is 5.73 Å². The van der Waals surface area contributed by atoms with Crippen LogP contribution in [-0.4, -0.2) is 5.91 Å². The number of amides is 1. The van der Waals surface area contributed by atoms with Gasteiger partial charge in [0.05, 0.1) is 0 Å². The fourth-order valence-corrected chi connectivity index (χ4v) is 3.50. The first kappa shape index (κ1) is 16.4. The first-order chi connectivity index (χ1) is 11.6. The molecular weight excluding hydrogens is 323 g/mol. The van der Waals surface area contributed by atoms with E-state index in [-0.39, 0.29) is 5.82 Å². The number of carbonyl (C=O) groups is 1. The van der Waals surface area contributed by atoms with Gasteiger partial charge >= 0.3 is 0 Å². The monoisotopic (exact) mass is 340 g/mol. The predicted molar refractivity (Wildman–Crippen MR) is 94.9 cm³/mol. The summed E-state index contributed by atoms with van der Waals surface area (Å²) in [7, 11) is 0. The fourth-order valence-electron chi connectivity index (χ4n) is 2.51. The minimum atomic E-state index is -0.551. The largest absolute Gasteiger partial charge is 0.368 e. The second-order valence-electron chi connectivity index (χ2n) is 5.37. The average molecular weight is 340 g/mol. The maximum Gasteiger partial charge on any atom is 0.239 e. The number of nitrogens with two attached hydrogens (primary N) is 1. The molecule has 0 fully saturated rings. The number of rotatable bonds is 6. The molecule has 1 amide bonds.